The van der Waals surface area contributed by atoms with Crippen LogP contribution in [0.25, 0.3) is 11.0 Å². The number of carbonyl (C=O) groups is 2. The number of rotatable bonds is 7. The van der Waals surface area contributed by atoms with E-state index in [1.54, 1.807) is 17.6 Å². The summed E-state index contributed by atoms with van der Waals surface area (Å²) >= 11 is 1.65. The van der Waals surface area contributed by atoms with Crippen LogP contribution in [0.15, 0.2) is 40.3 Å². The summed E-state index contributed by atoms with van der Waals surface area (Å²) in [6.07, 6.45) is 2.43. The highest BCUT2D eigenvalue weighted by Crippen LogP contribution is 2.25. The summed E-state index contributed by atoms with van der Waals surface area (Å²) in [7, 11) is 0. The fraction of sp³-hybridized carbons (Fsp3) is 0.300. The van der Waals surface area contributed by atoms with Crippen molar-refractivity contribution in [1.82, 2.24) is 5.32 Å². The number of carbonyl (C=O) groups excluding carboxylic acids is 2. The van der Waals surface area contributed by atoms with E-state index >= 15 is 0 Å². The third-order valence-corrected chi connectivity index (χ3v) is 5.18. The average molecular weight is 371 g/mol. The Morgan fingerprint density at radius 3 is 2.81 bits per heavy atom. The molecule has 1 amide bonds. The van der Waals surface area contributed by atoms with Gasteiger partial charge in [0.05, 0.1) is 12.7 Å². The summed E-state index contributed by atoms with van der Waals surface area (Å²) in [6.45, 7) is 4.30. The number of ether oxygens (including phenoxy) is 1. The maximum atomic E-state index is 12.0. The maximum absolute atomic E-state index is 12.0. The highest BCUT2D eigenvalue weighted by molar-refractivity contribution is 7.09. The summed E-state index contributed by atoms with van der Waals surface area (Å²) in [5, 5.41) is 5.66. The lowest BCUT2D eigenvalue weighted by Gasteiger charge is -2.06. The first-order valence-electron chi connectivity index (χ1n) is 8.45. The van der Waals surface area contributed by atoms with Crippen molar-refractivity contribution in [2.45, 2.75) is 26.7 Å². The predicted molar refractivity (Wildman–Crippen MR) is 101 cm³/mol. The Labute approximate surface area is 156 Å². The van der Waals surface area contributed by atoms with Crippen LogP contribution in [0.4, 0.5) is 0 Å². The van der Waals surface area contributed by atoms with Gasteiger partial charge in [-0.15, -0.1) is 11.3 Å². The molecule has 2 heterocycles. The zero-order chi connectivity index (χ0) is 18.5. The van der Waals surface area contributed by atoms with Crippen molar-refractivity contribution >= 4 is 34.2 Å². The molecule has 26 heavy (non-hydrogen) atoms. The normalized spacial score (nSPS) is 10.8. The number of amides is 1. The van der Waals surface area contributed by atoms with E-state index in [4.69, 9.17) is 9.15 Å². The molecule has 136 valence electrons. The van der Waals surface area contributed by atoms with Crippen molar-refractivity contribution in [2.75, 3.05) is 13.2 Å². The molecule has 0 radical (unpaired) electrons. The fourth-order valence-corrected chi connectivity index (χ4v) is 3.37. The summed E-state index contributed by atoms with van der Waals surface area (Å²) in [5.41, 5.74) is 3.80. The van der Waals surface area contributed by atoms with Crippen LogP contribution in [-0.2, 0) is 27.2 Å². The SMILES string of the molecule is Cc1cc2occ(CC(=O)OCC(=O)NCCc3cccs3)c2cc1C. The highest BCUT2D eigenvalue weighted by atomic mass is 32.1. The zero-order valence-corrected chi connectivity index (χ0v) is 15.7. The van der Waals surface area contributed by atoms with Gasteiger partial charge in [-0.1, -0.05) is 6.07 Å². The number of thiophene rings is 1. The van der Waals surface area contributed by atoms with Crippen LogP contribution >= 0.6 is 11.3 Å². The molecule has 2 aromatic heterocycles. The number of nitrogens with one attached hydrogen (secondary N) is 1. The van der Waals surface area contributed by atoms with Crippen LogP contribution in [-0.4, -0.2) is 25.0 Å². The van der Waals surface area contributed by atoms with Crippen molar-refractivity contribution in [3.05, 3.63) is 57.5 Å². The molecular formula is C20H21NO4S. The van der Waals surface area contributed by atoms with E-state index in [1.807, 2.05) is 43.5 Å². The van der Waals surface area contributed by atoms with Gasteiger partial charge in [0.25, 0.3) is 5.91 Å². The third-order valence-electron chi connectivity index (χ3n) is 4.24. The quantitative estimate of drug-likeness (QED) is 0.645. The minimum absolute atomic E-state index is 0.0813. The Morgan fingerprint density at radius 1 is 1.23 bits per heavy atom. The second kappa shape index (κ2) is 8.19. The van der Waals surface area contributed by atoms with Gasteiger partial charge in [-0.2, -0.15) is 0 Å². The number of benzene rings is 1. The smallest absolute Gasteiger partial charge is 0.310 e. The minimum Gasteiger partial charge on any atom is -0.464 e. The van der Waals surface area contributed by atoms with Gasteiger partial charge in [-0.3, -0.25) is 9.59 Å². The van der Waals surface area contributed by atoms with Gasteiger partial charge in [-0.25, -0.2) is 0 Å². The van der Waals surface area contributed by atoms with E-state index in [-0.39, 0.29) is 18.9 Å². The zero-order valence-electron chi connectivity index (χ0n) is 14.8. The van der Waals surface area contributed by atoms with E-state index in [1.165, 1.54) is 4.88 Å². The van der Waals surface area contributed by atoms with Crippen molar-refractivity contribution in [3.63, 3.8) is 0 Å². The van der Waals surface area contributed by atoms with Crippen LogP contribution in [0.2, 0.25) is 0 Å². The van der Waals surface area contributed by atoms with Gasteiger partial charge in [0.1, 0.15) is 5.58 Å². The molecule has 0 spiro atoms. The second-order valence-corrected chi connectivity index (χ2v) is 7.24. The molecule has 0 fully saturated rings. The second-order valence-electron chi connectivity index (χ2n) is 6.21. The lowest BCUT2D eigenvalue weighted by molar-refractivity contribution is -0.147. The van der Waals surface area contributed by atoms with Crippen LogP contribution in [0.5, 0.6) is 0 Å². The molecule has 0 atom stereocenters. The first-order valence-corrected chi connectivity index (χ1v) is 9.33. The molecule has 3 aromatic rings. The first-order chi connectivity index (χ1) is 12.5. The standard InChI is InChI=1S/C20H21NO4S/c1-13-8-17-15(11-24-18(17)9-14(13)2)10-20(23)25-12-19(22)21-6-5-16-4-3-7-26-16/h3-4,7-9,11H,5-6,10,12H2,1-2H3,(H,21,22). The van der Waals surface area contributed by atoms with E-state index in [0.29, 0.717) is 6.54 Å². The lowest BCUT2D eigenvalue weighted by Crippen LogP contribution is -2.30. The molecule has 0 saturated carbocycles. The minimum atomic E-state index is -0.445. The number of hydrogen-bond donors (Lipinski definition) is 1. The van der Waals surface area contributed by atoms with Crippen molar-refractivity contribution in [1.29, 1.82) is 0 Å². The van der Waals surface area contributed by atoms with Crippen LogP contribution in [0, 0.1) is 13.8 Å². The summed E-state index contributed by atoms with van der Waals surface area (Å²) < 4.78 is 10.6. The molecule has 0 aliphatic carbocycles. The predicted octanol–water partition coefficient (Wildman–Crippen LogP) is 3.56. The topological polar surface area (TPSA) is 68.5 Å². The number of hydrogen-bond acceptors (Lipinski definition) is 5. The van der Waals surface area contributed by atoms with Crippen molar-refractivity contribution in [3.8, 4) is 0 Å². The Hall–Kier alpha value is -2.60. The molecule has 0 aliphatic heterocycles. The molecule has 0 aliphatic rings. The Bertz CT molecular complexity index is 911. The van der Waals surface area contributed by atoms with Gasteiger partial charge >= 0.3 is 5.97 Å². The molecule has 3 rings (SSSR count). The van der Waals surface area contributed by atoms with E-state index < -0.39 is 5.97 Å². The lowest BCUT2D eigenvalue weighted by atomic mass is 10.0. The Kier molecular flexibility index (Phi) is 5.73. The number of aryl methyl sites for hydroxylation is 2. The van der Waals surface area contributed by atoms with Gasteiger partial charge in [0, 0.05) is 22.4 Å². The highest BCUT2D eigenvalue weighted by Gasteiger charge is 2.14. The van der Waals surface area contributed by atoms with Gasteiger partial charge < -0.3 is 14.5 Å². The molecule has 5 nitrogen and oxygen atoms in total. The molecule has 0 bridgehead atoms. The van der Waals surface area contributed by atoms with Crippen LogP contribution < -0.4 is 5.32 Å². The summed E-state index contributed by atoms with van der Waals surface area (Å²) in [6, 6.07) is 7.97. The van der Waals surface area contributed by atoms with E-state index in [2.05, 4.69) is 5.32 Å². The average Bonchev–Trinajstić information content (AvgIpc) is 3.25. The third kappa shape index (κ3) is 4.52. The van der Waals surface area contributed by atoms with Crippen LogP contribution in [0.3, 0.4) is 0 Å². The molecular weight excluding hydrogens is 350 g/mol. The monoisotopic (exact) mass is 371 g/mol. The number of esters is 1. The van der Waals surface area contributed by atoms with Gasteiger partial charge in [0.2, 0.25) is 0 Å². The van der Waals surface area contributed by atoms with E-state index in [0.717, 1.165) is 34.1 Å². The molecule has 0 saturated heterocycles. The van der Waals surface area contributed by atoms with Crippen molar-refractivity contribution in [2.24, 2.45) is 0 Å². The van der Waals surface area contributed by atoms with Gasteiger partial charge in [0.15, 0.2) is 6.61 Å². The Balaban J connectivity index is 1.46. The molecule has 1 aromatic carbocycles. The molecule has 0 unspecified atom stereocenters. The molecule has 6 heteroatoms. The molecule has 1 N–H and O–H groups in total. The number of fused-ring (bicyclic) bond motifs is 1. The van der Waals surface area contributed by atoms with Crippen LogP contribution in [0.1, 0.15) is 21.6 Å². The largest absolute Gasteiger partial charge is 0.464 e. The van der Waals surface area contributed by atoms with Gasteiger partial charge in [-0.05, 0) is 55.0 Å². The van der Waals surface area contributed by atoms with Crippen molar-refractivity contribution < 1.29 is 18.7 Å². The first kappa shape index (κ1) is 18.2. The Morgan fingerprint density at radius 2 is 2.04 bits per heavy atom. The fourth-order valence-electron chi connectivity index (χ4n) is 2.66. The summed E-state index contributed by atoms with van der Waals surface area (Å²) in [5.74, 6) is -0.738. The van der Waals surface area contributed by atoms with E-state index in [9.17, 15) is 9.59 Å². The number of furan rings is 1. The summed E-state index contributed by atoms with van der Waals surface area (Å²) in [4.78, 5) is 25.0. The maximum Gasteiger partial charge on any atom is 0.310 e.